The second-order valence-electron chi connectivity index (χ2n) is 8.16. The lowest BCUT2D eigenvalue weighted by atomic mass is 10.1. The summed E-state index contributed by atoms with van der Waals surface area (Å²) in [6.45, 7) is 3.65. The Labute approximate surface area is 192 Å². The van der Waals surface area contributed by atoms with Crippen LogP contribution in [0, 0.1) is 0 Å². The molecule has 1 saturated heterocycles. The zero-order valence-electron chi connectivity index (χ0n) is 18.4. The van der Waals surface area contributed by atoms with Crippen LogP contribution in [0.3, 0.4) is 0 Å². The van der Waals surface area contributed by atoms with Gasteiger partial charge < -0.3 is 14.2 Å². The maximum Gasteiger partial charge on any atom is 0.260 e. The summed E-state index contributed by atoms with van der Waals surface area (Å²) in [4.78, 5) is 21.5. The smallest absolute Gasteiger partial charge is 0.260 e. The van der Waals surface area contributed by atoms with Crippen LogP contribution in [0.25, 0.3) is 22.2 Å². The number of hydrogen-bond acceptors (Lipinski definition) is 6. The fourth-order valence-corrected chi connectivity index (χ4v) is 4.15. The molecular weight excluding hydrogens is 416 g/mol. The van der Waals surface area contributed by atoms with Gasteiger partial charge in [0.05, 0.1) is 6.54 Å². The monoisotopic (exact) mass is 442 g/mol. The van der Waals surface area contributed by atoms with Crippen molar-refractivity contribution in [3.8, 4) is 17.2 Å². The predicted molar refractivity (Wildman–Crippen MR) is 126 cm³/mol. The average Bonchev–Trinajstić information content (AvgIpc) is 3.20. The number of rotatable bonds is 6. The summed E-state index contributed by atoms with van der Waals surface area (Å²) in [7, 11) is 0. The zero-order valence-corrected chi connectivity index (χ0v) is 18.4. The molecule has 0 unspecified atom stereocenters. The minimum absolute atomic E-state index is 0.00992. The summed E-state index contributed by atoms with van der Waals surface area (Å²) in [6.07, 6.45) is 0.892. The summed E-state index contributed by atoms with van der Waals surface area (Å²) < 4.78 is 11.3. The number of carbonyl (C=O) groups is 1. The number of fused-ring (bicyclic) bond motifs is 1. The third-order valence-electron chi connectivity index (χ3n) is 5.90. The number of nitrogens with zero attached hydrogens (tertiary/aromatic N) is 4. The number of hydrogen-bond donors (Lipinski definition) is 0. The molecule has 0 spiro atoms. The summed E-state index contributed by atoms with van der Waals surface area (Å²) in [5, 5.41) is 6.25. The maximum absolute atomic E-state index is 12.8. The largest absolute Gasteiger partial charge is 0.483 e. The van der Waals surface area contributed by atoms with E-state index in [0.717, 1.165) is 48.1 Å². The van der Waals surface area contributed by atoms with E-state index in [1.54, 1.807) is 0 Å². The molecule has 2 heterocycles. The van der Waals surface area contributed by atoms with Crippen LogP contribution in [0.2, 0.25) is 0 Å². The lowest BCUT2D eigenvalue weighted by Gasteiger charge is -2.21. The first kappa shape index (κ1) is 21.2. The minimum Gasteiger partial charge on any atom is -0.483 e. The molecule has 0 saturated carbocycles. The zero-order chi connectivity index (χ0) is 22.5. The molecule has 5 rings (SSSR count). The summed E-state index contributed by atoms with van der Waals surface area (Å²) in [5.41, 5.74) is 0.912. The van der Waals surface area contributed by atoms with E-state index in [-0.39, 0.29) is 12.5 Å². The number of benzene rings is 3. The number of carbonyl (C=O) groups excluding carboxylic acids is 1. The highest BCUT2D eigenvalue weighted by molar-refractivity contribution is 5.88. The molecule has 0 aliphatic carbocycles. The van der Waals surface area contributed by atoms with Crippen molar-refractivity contribution in [1.82, 2.24) is 19.9 Å². The fourth-order valence-electron chi connectivity index (χ4n) is 4.15. The molecule has 0 radical (unpaired) electrons. The van der Waals surface area contributed by atoms with Crippen molar-refractivity contribution in [3.05, 3.63) is 78.6 Å². The molecule has 168 valence electrons. The van der Waals surface area contributed by atoms with Crippen molar-refractivity contribution < 1.29 is 14.1 Å². The molecule has 1 aromatic heterocycles. The van der Waals surface area contributed by atoms with Crippen LogP contribution in [0.5, 0.6) is 5.75 Å². The van der Waals surface area contributed by atoms with Crippen LogP contribution in [-0.2, 0) is 11.3 Å². The molecule has 1 aliphatic heterocycles. The molecule has 1 aliphatic rings. The second kappa shape index (κ2) is 9.83. The number of amides is 1. The molecule has 1 amide bonds. The Balaban J connectivity index is 1.15. The highest BCUT2D eigenvalue weighted by Gasteiger charge is 2.21. The van der Waals surface area contributed by atoms with Crippen LogP contribution < -0.4 is 4.74 Å². The number of aromatic nitrogens is 2. The van der Waals surface area contributed by atoms with Gasteiger partial charge in [-0.25, -0.2) is 0 Å². The highest BCUT2D eigenvalue weighted by atomic mass is 16.5. The van der Waals surface area contributed by atoms with E-state index in [1.807, 2.05) is 77.7 Å². The van der Waals surface area contributed by atoms with Gasteiger partial charge in [-0.2, -0.15) is 4.98 Å². The van der Waals surface area contributed by atoms with E-state index >= 15 is 0 Å². The van der Waals surface area contributed by atoms with Crippen molar-refractivity contribution >= 4 is 16.7 Å². The Morgan fingerprint density at radius 1 is 0.909 bits per heavy atom. The van der Waals surface area contributed by atoms with Gasteiger partial charge in [0.1, 0.15) is 5.75 Å². The molecule has 7 heteroatoms. The Kier molecular flexibility index (Phi) is 6.30. The van der Waals surface area contributed by atoms with Crippen molar-refractivity contribution in [3.63, 3.8) is 0 Å². The van der Waals surface area contributed by atoms with Crippen LogP contribution >= 0.6 is 0 Å². The molecule has 0 bridgehead atoms. The first-order chi connectivity index (χ1) is 16.3. The maximum atomic E-state index is 12.8. The van der Waals surface area contributed by atoms with Gasteiger partial charge in [-0.05, 0) is 30.0 Å². The molecule has 3 aromatic carbocycles. The van der Waals surface area contributed by atoms with Gasteiger partial charge in [-0.3, -0.25) is 9.69 Å². The lowest BCUT2D eigenvalue weighted by Crippen LogP contribution is -2.38. The molecular formula is C26H26N4O3. The summed E-state index contributed by atoms with van der Waals surface area (Å²) in [6, 6.07) is 23.7. The Morgan fingerprint density at radius 3 is 2.64 bits per heavy atom. The van der Waals surface area contributed by atoms with Gasteiger partial charge in [-0.1, -0.05) is 59.8 Å². The van der Waals surface area contributed by atoms with Gasteiger partial charge in [0, 0.05) is 37.1 Å². The first-order valence-electron chi connectivity index (χ1n) is 11.2. The van der Waals surface area contributed by atoms with E-state index in [1.165, 1.54) is 0 Å². The minimum atomic E-state index is 0.00992. The van der Waals surface area contributed by atoms with Crippen molar-refractivity contribution in [1.29, 1.82) is 0 Å². The fraction of sp³-hybridized carbons (Fsp3) is 0.269. The number of ether oxygens (including phenoxy) is 1. The van der Waals surface area contributed by atoms with Crippen molar-refractivity contribution in [2.75, 3.05) is 32.8 Å². The van der Waals surface area contributed by atoms with Crippen molar-refractivity contribution in [2.24, 2.45) is 0 Å². The molecule has 0 atom stereocenters. The van der Waals surface area contributed by atoms with Gasteiger partial charge >= 0.3 is 0 Å². The SMILES string of the molecule is O=C(COc1cccc2ccccc12)N1CCCN(Cc2noc(-c3ccccc3)n2)CC1. The topological polar surface area (TPSA) is 71.7 Å². The Hall–Kier alpha value is -3.71. The van der Waals surface area contributed by atoms with Gasteiger partial charge in [0.15, 0.2) is 12.4 Å². The van der Waals surface area contributed by atoms with Gasteiger partial charge in [0.25, 0.3) is 11.8 Å². The molecule has 33 heavy (non-hydrogen) atoms. The quantitative estimate of drug-likeness (QED) is 0.449. The van der Waals surface area contributed by atoms with E-state index < -0.39 is 0 Å². The molecule has 7 nitrogen and oxygen atoms in total. The van der Waals surface area contributed by atoms with E-state index in [9.17, 15) is 4.79 Å². The molecule has 1 fully saturated rings. The predicted octanol–water partition coefficient (Wildman–Crippen LogP) is 4.00. The van der Waals surface area contributed by atoms with Crippen LogP contribution in [0.15, 0.2) is 77.3 Å². The Morgan fingerprint density at radius 2 is 1.73 bits per heavy atom. The average molecular weight is 443 g/mol. The second-order valence-corrected chi connectivity index (χ2v) is 8.16. The van der Waals surface area contributed by atoms with Gasteiger partial charge in [-0.15, -0.1) is 0 Å². The normalized spacial score (nSPS) is 14.8. The lowest BCUT2D eigenvalue weighted by molar-refractivity contribution is -0.133. The third-order valence-corrected chi connectivity index (χ3v) is 5.90. The van der Waals surface area contributed by atoms with E-state index in [0.29, 0.717) is 24.8 Å². The summed E-state index contributed by atoms with van der Waals surface area (Å²) >= 11 is 0. The third kappa shape index (κ3) is 5.04. The Bertz CT molecular complexity index is 1220. The molecule has 0 N–H and O–H groups in total. The van der Waals surface area contributed by atoms with E-state index in [4.69, 9.17) is 9.26 Å². The van der Waals surface area contributed by atoms with Crippen LogP contribution in [0.4, 0.5) is 0 Å². The van der Waals surface area contributed by atoms with Crippen LogP contribution in [0.1, 0.15) is 12.2 Å². The standard InChI is InChI=1S/C26H26N4O3/c31-25(19-32-23-13-6-11-20-8-4-5-12-22(20)23)30-15-7-14-29(16-17-30)18-24-27-26(33-28-24)21-9-2-1-3-10-21/h1-6,8-13H,7,14-19H2. The van der Waals surface area contributed by atoms with Crippen molar-refractivity contribution in [2.45, 2.75) is 13.0 Å². The van der Waals surface area contributed by atoms with Crippen LogP contribution in [-0.4, -0.2) is 58.6 Å². The molecule has 4 aromatic rings. The van der Waals surface area contributed by atoms with E-state index in [2.05, 4.69) is 15.0 Å². The first-order valence-corrected chi connectivity index (χ1v) is 11.2. The summed E-state index contributed by atoms with van der Waals surface area (Å²) in [5.74, 6) is 1.94. The highest BCUT2D eigenvalue weighted by Crippen LogP contribution is 2.25. The van der Waals surface area contributed by atoms with Gasteiger partial charge in [0.2, 0.25) is 0 Å².